The molecule has 0 N–H and O–H groups in total. The average Bonchev–Trinajstić information content (AvgIpc) is 3.01. The van der Waals surface area contributed by atoms with Crippen LogP contribution in [0.4, 0.5) is 5.69 Å². The van der Waals surface area contributed by atoms with E-state index >= 15 is 0 Å². The summed E-state index contributed by atoms with van der Waals surface area (Å²) >= 11 is 0. The maximum atomic E-state index is 13.2. The van der Waals surface area contributed by atoms with E-state index in [1.807, 2.05) is 11.0 Å². The Labute approximate surface area is 172 Å². The number of anilines is 1. The highest BCUT2D eigenvalue weighted by atomic mass is 32.2. The van der Waals surface area contributed by atoms with Gasteiger partial charge in [-0.1, -0.05) is 18.9 Å². The zero-order chi connectivity index (χ0) is 20.4. The first kappa shape index (κ1) is 19.8. The molecule has 29 heavy (non-hydrogen) atoms. The minimum atomic E-state index is -3.70. The molecule has 1 fully saturated rings. The van der Waals surface area contributed by atoms with E-state index in [0.29, 0.717) is 30.0 Å². The van der Waals surface area contributed by atoms with Gasteiger partial charge in [0.1, 0.15) is 5.75 Å². The SMILES string of the molecule is COc1ccc(S(=O)(=O)N2CCc3c(C(=O)N4CCCCCC4)cccc32)cc1. The Kier molecular flexibility index (Phi) is 5.50. The lowest BCUT2D eigenvalue weighted by atomic mass is 10.0. The van der Waals surface area contributed by atoms with Crippen LogP contribution in [0.1, 0.15) is 41.6 Å². The number of nitrogens with zero attached hydrogens (tertiary/aromatic N) is 2. The average molecular weight is 415 g/mol. The molecule has 1 amide bonds. The molecular formula is C22H26N2O4S. The Morgan fingerprint density at radius 1 is 0.931 bits per heavy atom. The summed E-state index contributed by atoms with van der Waals surface area (Å²) in [6, 6.07) is 11.8. The third kappa shape index (κ3) is 3.71. The monoisotopic (exact) mass is 414 g/mol. The van der Waals surface area contributed by atoms with Gasteiger partial charge in [-0.3, -0.25) is 9.10 Å². The van der Waals surface area contributed by atoms with Gasteiger partial charge in [0.05, 0.1) is 17.7 Å². The van der Waals surface area contributed by atoms with Crippen LogP contribution in [0.15, 0.2) is 47.4 Å². The van der Waals surface area contributed by atoms with E-state index in [9.17, 15) is 13.2 Å². The number of hydrogen-bond acceptors (Lipinski definition) is 4. The molecule has 0 aliphatic carbocycles. The molecule has 6 nitrogen and oxygen atoms in total. The van der Waals surface area contributed by atoms with E-state index in [4.69, 9.17) is 4.74 Å². The van der Waals surface area contributed by atoms with Gasteiger partial charge in [-0.15, -0.1) is 0 Å². The molecular weight excluding hydrogens is 388 g/mol. The molecule has 7 heteroatoms. The van der Waals surface area contributed by atoms with E-state index in [0.717, 1.165) is 44.3 Å². The zero-order valence-corrected chi connectivity index (χ0v) is 17.5. The summed E-state index contributed by atoms with van der Waals surface area (Å²) in [5.74, 6) is 0.628. The van der Waals surface area contributed by atoms with E-state index < -0.39 is 10.0 Å². The van der Waals surface area contributed by atoms with Gasteiger partial charge in [0.2, 0.25) is 0 Å². The first-order valence-electron chi connectivity index (χ1n) is 10.1. The number of hydrogen-bond donors (Lipinski definition) is 0. The van der Waals surface area contributed by atoms with Crippen LogP contribution in [0.25, 0.3) is 0 Å². The van der Waals surface area contributed by atoms with Crippen LogP contribution in [0.5, 0.6) is 5.75 Å². The number of benzene rings is 2. The quantitative estimate of drug-likeness (QED) is 0.768. The molecule has 0 spiro atoms. The minimum Gasteiger partial charge on any atom is -0.497 e. The normalized spacial score (nSPS) is 17.0. The number of ether oxygens (including phenoxy) is 1. The van der Waals surface area contributed by atoms with Gasteiger partial charge in [0, 0.05) is 25.2 Å². The number of amides is 1. The van der Waals surface area contributed by atoms with E-state index in [1.54, 1.807) is 43.5 Å². The van der Waals surface area contributed by atoms with Crippen molar-refractivity contribution in [1.82, 2.24) is 4.90 Å². The number of carbonyl (C=O) groups excluding carboxylic acids is 1. The summed E-state index contributed by atoms with van der Waals surface area (Å²) < 4.78 is 33.0. The third-order valence-electron chi connectivity index (χ3n) is 5.76. The van der Waals surface area contributed by atoms with Crippen molar-refractivity contribution in [1.29, 1.82) is 0 Å². The highest BCUT2D eigenvalue weighted by molar-refractivity contribution is 7.92. The predicted molar refractivity (Wildman–Crippen MR) is 112 cm³/mol. The lowest BCUT2D eigenvalue weighted by Gasteiger charge is -2.23. The molecule has 4 rings (SSSR count). The molecule has 1 saturated heterocycles. The van der Waals surface area contributed by atoms with Crippen molar-refractivity contribution in [2.24, 2.45) is 0 Å². The van der Waals surface area contributed by atoms with Gasteiger partial charge in [0.25, 0.3) is 15.9 Å². The molecule has 0 saturated carbocycles. The second kappa shape index (κ2) is 8.06. The summed E-state index contributed by atoms with van der Waals surface area (Å²) in [6.07, 6.45) is 4.91. The van der Waals surface area contributed by atoms with Crippen LogP contribution in [0.3, 0.4) is 0 Å². The highest BCUT2D eigenvalue weighted by Gasteiger charge is 2.34. The second-order valence-corrected chi connectivity index (χ2v) is 9.37. The van der Waals surface area contributed by atoms with Crippen LogP contribution in [-0.4, -0.2) is 46.0 Å². The van der Waals surface area contributed by atoms with E-state index in [1.165, 1.54) is 4.31 Å². The molecule has 0 atom stereocenters. The first-order valence-corrected chi connectivity index (χ1v) is 11.5. The topological polar surface area (TPSA) is 66.9 Å². The number of likely N-dealkylation sites (tertiary alicyclic amines) is 1. The summed E-state index contributed by atoms with van der Waals surface area (Å²) in [5.41, 5.74) is 2.08. The molecule has 154 valence electrons. The zero-order valence-electron chi connectivity index (χ0n) is 16.6. The number of rotatable bonds is 4. The fraction of sp³-hybridized carbons (Fsp3) is 0.409. The predicted octanol–water partition coefficient (Wildman–Crippen LogP) is 3.46. The molecule has 0 bridgehead atoms. The fourth-order valence-electron chi connectivity index (χ4n) is 4.17. The Hall–Kier alpha value is -2.54. The van der Waals surface area contributed by atoms with Crippen molar-refractivity contribution < 1.29 is 17.9 Å². The van der Waals surface area contributed by atoms with Crippen molar-refractivity contribution in [2.75, 3.05) is 31.0 Å². The van der Waals surface area contributed by atoms with Crippen LogP contribution < -0.4 is 9.04 Å². The van der Waals surface area contributed by atoms with Gasteiger partial charge in [0.15, 0.2) is 0 Å². The summed E-state index contributed by atoms with van der Waals surface area (Å²) in [5, 5.41) is 0. The lowest BCUT2D eigenvalue weighted by molar-refractivity contribution is 0.0760. The van der Waals surface area contributed by atoms with Crippen LogP contribution in [-0.2, 0) is 16.4 Å². The number of sulfonamides is 1. The van der Waals surface area contributed by atoms with Crippen molar-refractivity contribution >= 4 is 21.6 Å². The van der Waals surface area contributed by atoms with Gasteiger partial charge in [-0.05, 0) is 61.2 Å². The summed E-state index contributed by atoms with van der Waals surface area (Å²) in [6.45, 7) is 1.89. The molecule has 0 radical (unpaired) electrons. The largest absolute Gasteiger partial charge is 0.497 e. The van der Waals surface area contributed by atoms with Crippen molar-refractivity contribution in [3.63, 3.8) is 0 Å². The smallest absolute Gasteiger partial charge is 0.264 e. The van der Waals surface area contributed by atoms with Gasteiger partial charge in [-0.2, -0.15) is 0 Å². The Balaban J connectivity index is 1.65. The van der Waals surface area contributed by atoms with Crippen LogP contribution in [0, 0.1) is 0 Å². The minimum absolute atomic E-state index is 0.0208. The number of methoxy groups -OCH3 is 1. The molecule has 0 aromatic heterocycles. The Morgan fingerprint density at radius 3 is 2.28 bits per heavy atom. The molecule has 2 aromatic carbocycles. The molecule has 2 heterocycles. The first-order chi connectivity index (χ1) is 14.0. The van der Waals surface area contributed by atoms with Crippen molar-refractivity contribution in [2.45, 2.75) is 37.0 Å². The molecule has 2 aliphatic rings. The van der Waals surface area contributed by atoms with Gasteiger partial charge in [-0.25, -0.2) is 8.42 Å². The fourth-order valence-corrected chi connectivity index (χ4v) is 5.67. The molecule has 2 aliphatic heterocycles. The summed E-state index contributed by atoms with van der Waals surface area (Å²) in [7, 11) is -2.15. The molecule has 2 aromatic rings. The van der Waals surface area contributed by atoms with E-state index in [-0.39, 0.29) is 10.8 Å². The third-order valence-corrected chi connectivity index (χ3v) is 7.58. The Bertz CT molecular complexity index is 994. The highest BCUT2D eigenvalue weighted by Crippen LogP contribution is 2.36. The molecule has 0 unspecified atom stereocenters. The van der Waals surface area contributed by atoms with E-state index in [2.05, 4.69) is 0 Å². The van der Waals surface area contributed by atoms with Crippen molar-refractivity contribution in [3.05, 3.63) is 53.6 Å². The van der Waals surface area contributed by atoms with Crippen LogP contribution >= 0.6 is 0 Å². The van der Waals surface area contributed by atoms with Gasteiger partial charge < -0.3 is 9.64 Å². The number of carbonyl (C=O) groups is 1. The summed E-state index contributed by atoms with van der Waals surface area (Å²) in [4.78, 5) is 15.3. The number of fused-ring (bicyclic) bond motifs is 1. The van der Waals surface area contributed by atoms with Gasteiger partial charge >= 0.3 is 0 Å². The van der Waals surface area contributed by atoms with Crippen molar-refractivity contribution in [3.8, 4) is 5.75 Å². The maximum Gasteiger partial charge on any atom is 0.264 e. The standard InChI is InChI=1S/C22H26N2O4S/c1-28-17-9-11-18(12-10-17)29(26,27)24-16-13-19-20(7-6-8-21(19)24)22(25)23-14-4-2-3-5-15-23/h6-12H,2-5,13-16H2,1H3. The van der Waals surface area contributed by atoms with Crippen LogP contribution in [0.2, 0.25) is 0 Å². The second-order valence-electron chi connectivity index (χ2n) is 7.51. The Morgan fingerprint density at radius 2 is 1.62 bits per heavy atom. The lowest BCUT2D eigenvalue weighted by Crippen LogP contribution is -2.32. The maximum absolute atomic E-state index is 13.2.